The van der Waals surface area contributed by atoms with Crippen molar-refractivity contribution >= 4 is 5.91 Å². The molecule has 4 heteroatoms. The van der Waals surface area contributed by atoms with Gasteiger partial charge in [-0.25, -0.2) is 0 Å². The number of hydrogen-bond donors (Lipinski definition) is 1. The van der Waals surface area contributed by atoms with Gasteiger partial charge in [-0.1, -0.05) is 36.4 Å². The van der Waals surface area contributed by atoms with Crippen molar-refractivity contribution in [3.05, 3.63) is 66.0 Å². The molecule has 1 heterocycles. The molecule has 2 rings (SSSR count). The first-order valence-electron chi connectivity index (χ1n) is 7.70. The lowest BCUT2D eigenvalue weighted by Gasteiger charge is -2.22. The number of carbonyl (C=O) groups excluding carboxylic acids is 1. The van der Waals surface area contributed by atoms with Crippen molar-refractivity contribution in [3.8, 4) is 0 Å². The van der Waals surface area contributed by atoms with Gasteiger partial charge in [0.25, 0.3) is 0 Å². The fraction of sp³-hybridized carbons (Fsp3) is 0.333. The van der Waals surface area contributed by atoms with Crippen molar-refractivity contribution in [2.75, 3.05) is 13.1 Å². The molecule has 0 saturated carbocycles. The van der Waals surface area contributed by atoms with E-state index >= 15 is 0 Å². The van der Waals surface area contributed by atoms with Crippen LogP contribution in [-0.2, 0) is 17.8 Å². The highest BCUT2D eigenvalue weighted by Gasteiger charge is 2.13. The lowest BCUT2D eigenvalue weighted by molar-refractivity contribution is -0.131. The Morgan fingerprint density at radius 2 is 1.86 bits per heavy atom. The van der Waals surface area contributed by atoms with Crippen LogP contribution in [0.3, 0.4) is 0 Å². The summed E-state index contributed by atoms with van der Waals surface area (Å²) in [5, 5.41) is 0. The number of nitrogens with two attached hydrogens (primary N) is 1. The lowest BCUT2D eigenvalue weighted by atomic mass is 10.1. The van der Waals surface area contributed by atoms with E-state index in [1.165, 1.54) is 5.56 Å². The minimum Gasteiger partial charge on any atom is -0.338 e. The van der Waals surface area contributed by atoms with E-state index in [-0.39, 0.29) is 5.91 Å². The molecule has 0 bridgehead atoms. The summed E-state index contributed by atoms with van der Waals surface area (Å²) in [7, 11) is 0. The summed E-state index contributed by atoms with van der Waals surface area (Å²) in [5.41, 5.74) is 7.82. The fourth-order valence-corrected chi connectivity index (χ4v) is 2.34. The van der Waals surface area contributed by atoms with Gasteiger partial charge in [0.05, 0.1) is 0 Å². The molecule has 0 atom stereocenters. The number of pyridine rings is 1. The Morgan fingerprint density at radius 1 is 1.09 bits per heavy atom. The molecule has 1 aromatic heterocycles. The molecule has 0 saturated heterocycles. The van der Waals surface area contributed by atoms with Gasteiger partial charge >= 0.3 is 0 Å². The Labute approximate surface area is 132 Å². The third-order valence-corrected chi connectivity index (χ3v) is 3.55. The smallest absolute Gasteiger partial charge is 0.223 e. The number of amides is 1. The first kappa shape index (κ1) is 16.2. The van der Waals surface area contributed by atoms with Gasteiger partial charge in [0.1, 0.15) is 0 Å². The van der Waals surface area contributed by atoms with Crippen molar-refractivity contribution in [2.24, 2.45) is 5.73 Å². The molecule has 22 heavy (non-hydrogen) atoms. The van der Waals surface area contributed by atoms with Gasteiger partial charge < -0.3 is 10.6 Å². The molecular weight excluding hydrogens is 274 g/mol. The van der Waals surface area contributed by atoms with Gasteiger partial charge in [0.2, 0.25) is 5.91 Å². The summed E-state index contributed by atoms with van der Waals surface area (Å²) in [5.74, 6) is 0.168. The average Bonchev–Trinajstić information content (AvgIpc) is 2.58. The molecule has 0 unspecified atom stereocenters. The predicted molar refractivity (Wildman–Crippen MR) is 88.1 cm³/mol. The largest absolute Gasteiger partial charge is 0.338 e. The van der Waals surface area contributed by atoms with E-state index in [1.54, 1.807) is 12.4 Å². The van der Waals surface area contributed by atoms with Crippen molar-refractivity contribution < 1.29 is 4.79 Å². The minimum absolute atomic E-state index is 0.168. The van der Waals surface area contributed by atoms with Crippen LogP contribution in [-0.4, -0.2) is 28.9 Å². The van der Waals surface area contributed by atoms with E-state index in [0.717, 1.165) is 18.4 Å². The highest BCUT2D eigenvalue weighted by Crippen LogP contribution is 2.09. The lowest BCUT2D eigenvalue weighted by Crippen LogP contribution is -2.32. The maximum absolute atomic E-state index is 12.5. The number of nitrogens with zero attached hydrogens (tertiary/aromatic N) is 2. The number of aryl methyl sites for hydroxylation is 1. The van der Waals surface area contributed by atoms with Crippen molar-refractivity contribution in [1.29, 1.82) is 0 Å². The van der Waals surface area contributed by atoms with Crippen LogP contribution in [0, 0.1) is 0 Å². The average molecular weight is 297 g/mol. The first-order valence-corrected chi connectivity index (χ1v) is 7.70. The maximum Gasteiger partial charge on any atom is 0.223 e. The summed E-state index contributed by atoms with van der Waals surface area (Å²) < 4.78 is 0. The van der Waals surface area contributed by atoms with Crippen LogP contribution in [0.4, 0.5) is 0 Å². The summed E-state index contributed by atoms with van der Waals surface area (Å²) in [6.45, 7) is 1.88. The molecular formula is C18H23N3O. The zero-order chi connectivity index (χ0) is 15.6. The summed E-state index contributed by atoms with van der Waals surface area (Å²) >= 11 is 0. The van der Waals surface area contributed by atoms with Crippen LogP contribution in [0.25, 0.3) is 0 Å². The Bertz CT molecular complexity index is 557. The number of carbonyl (C=O) groups is 1. The second-order valence-electron chi connectivity index (χ2n) is 5.30. The number of aromatic nitrogens is 1. The van der Waals surface area contributed by atoms with E-state index < -0.39 is 0 Å². The molecule has 2 aromatic rings. The highest BCUT2D eigenvalue weighted by atomic mass is 16.2. The van der Waals surface area contributed by atoms with Gasteiger partial charge in [-0.05, 0) is 36.6 Å². The van der Waals surface area contributed by atoms with Crippen LogP contribution < -0.4 is 5.73 Å². The van der Waals surface area contributed by atoms with Gasteiger partial charge in [0, 0.05) is 31.9 Å². The Hall–Kier alpha value is -2.20. The van der Waals surface area contributed by atoms with Gasteiger partial charge in [-0.15, -0.1) is 0 Å². The van der Waals surface area contributed by atoms with Crippen LogP contribution in [0.1, 0.15) is 24.0 Å². The van der Waals surface area contributed by atoms with Gasteiger partial charge in [-0.3, -0.25) is 9.78 Å². The molecule has 116 valence electrons. The highest BCUT2D eigenvalue weighted by molar-refractivity contribution is 5.76. The van der Waals surface area contributed by atoms with Crippen molar-refractivity contribution in [3.63, 3.8) is 0 Å². The van der Waals surface area contributed by atoms with Crippen LogP contribution in [0.2, 0.25) is 0 Å². The van der Waals surface area contributed by atoms with E-state index in [2.05, 4.69) is 17.1 Å². The molecule has 0 fully saturated rings. The first-order chi connectivity index (χ1) is 10.8. The Kier molecular flexibility index (Phi) is 6.58. The van der Waals surface area contributed by atoms with E-state index in [9.17, 15) is 4.79 Å². The van der Waals surface area contributed by atoms with Crippen molar-refractivity contribution in [1.82, 2.24) is 9.88 Å². The fourth-order valence-electron chi connectivity index (χ4n) is 2.34. The molecule has 4 nitrogen and oxygen atoms in total. The Balaban J connectivity index is 1.93. The molecule has 0 radical (unpaired) electrons. The summed E-state index contributed by atoms with van der Waals surface area (Å²) in [4.78, 5) is 18.5. The van der Waals surface area contributed by atoms with Gasteiger partial charge in [-0.2, -0.15) is 0 Å². The van der Waals surface area contributed by atoms with E-state index in [1.807, 2.05) is 35.2 Å². The monoisotopic (exact) mass is 297 g/mol. The zero-order valence-electron chi connectivity index (χ0n) is 12.8. The molecule has 0 aliphatic carbocycles. The summed E-state index contributed by atoms with van der Waals surface area (Å²) in [6, 6.07) is 14.0. The number of hydrogen-bond acceptors (Lipinski definition) is 3. The normalized spacial score (nSPS) is 10.4. The van der Waals surface area contributed by atoms with Crippen LogP contribution >= 0.6 is 0 Å². The molecule has 1 amide bonds. The quantitative estimate of drug-likeness (QED) is 0.814. The minimum atomic E-state index is 0.168. The molecule has 0 spiro atoms. The molecule has 2 N–H and O–H groups in total. The summed E-state index contributed by atoms with van der Waals surface area (Å²) in [6.07, 6.45) is 5.66. The van der Waals surface area contributed by atoms with Gasteiger partial charge in [0.15, 0.2) is 0 Å². The standard InChI is InChI=1S/C18H23N3O/c19-11-5-13-21(15-17-8-4-12-20-14-17)18(22)10-9-16-6-2-1-3-7-16/h1-4,6-8,12,14H,5,9-11,13,15,19H2. The maximum atomic E-state index is 12.5. The van der Waals surface area contributed by atoms with Crippen LogP contribution in [0.5, 0.6) is 0 Å². The molecule has 0 aliphatic rings. The van der Waals surface area contributed by atoms with Crippen molar-refractivity contribution in [2.45, 2.75) is 25.8 Å². The number of rotatable bonds is 8. The van der Waals surface area contributed by atoms with Crippen LogP contribution in [0.15, 0.2) is 54.9 Å². The molecule has 1 aromatic carbocycles. The second kappa shape index (κ2) is 8.95. The predicted octanol–water partition coefficient (Wildman–Crippen LogP) is 2.39. The second-order valence-corrected chi connectivity index (χ2v) is 5.30. The number of benzene rings is 1. The third-order valence-electron chi connectivity index (χ3n) is 3.55. The topological polar surface area (TPSA) is 59.2 Å². The molecule has 0 aliphatic heterocycles. The van der Waals surface area contributed by atoms with E-state index in [4.69, 9.17) is 5.73 Å². The third kappa shape index (κ3) is 5.30. The zero-order valence-corrected chi connectivity index (χ0v) is 12.8. The van der Waals surface area contributed by atoms with E-state index in [0.29, 0.717) is 26.1 Å². The SMILES string of the molecule is NCCCN(Cc1cccnc1)C(=O)CCc1ccccc1. The Morgan fingerprint density at radius 3 is 2.55 bits per heavy atom.